The number of benzene rings is 1. The second kappa shape index (κ2) is 6.87. The summed E-state index contributed by atoms with van der Waals surface area (Å²) < 4.78 is 0. The van der Waals surface area contributed by atoms with E-state index in [0.717, 1.165) is 12.8 Å². The maximum atomic E-state index is 13.2. The van der Waals surface area contributed by atoms with E-state index in [1.807, 2.05) is 0 Å². The number of rotatable bonds is 3. The van der Waals surface area contributed by atoms with Gasteiger partial charge in [0.25, 0.3) is 5.91 Å². The molecule has 1 saturated heterocycles. The fourth-order valence-corrected chi connectivity index (χ4v) is 4.07. The molecule has 26 heavy (non-hydrogen) atoms. The van der Waals surface area contributed by atoms with E-state index in [4.69, 9.17) is 0 Å². The molecule has 4 rings (SSSR count). The normalized spacial score (nSPS) is 19.6. The molecule has 3 amide bonds. The van der Waals surface area contributed by atoms with Crippen LogP contribution in [0.25, 0.3) is 0 Å². The number of piperidine rings is 1. The number of aromatic nitrogens is 1. The molecular formula is C18H18N4O3S. The lowest BCUT2D eigenvalue weighted by atomic mass is 10.0. The van der Waals surface area contributed by atoms with Gasteiger partial charge in [0, 0.05) is 18.1 Å². The van der Waals surface area contributed by atoms with Crippen LogP contribution in [0.2, 0.25) is 0 Å². The highest BCUT2D eigenvalue weighted by Crippen LogP contribution is 2.31. The Morgan fingerprint density at radius 3 is 2.92 bits per heavy atom. The standard InChI is InChI=1S/C18H18N4O3S/c23-15(20-18-19-8-10-26-18)11-22-13-6-2-1-5-12(13)16(24)21-9-4-3-7-14(21)17(22)25/h1-2,5-6,8,10,14H,3-4,7,9,11H2,(H,19,20,23)/t14-/m1/s1. The minimum Gasteiger partial charge on any atom is -0.327 e. The molecule has 0 spiro atoms. The third kappa shape index (κ3) is 2.96. The molecule has 1 aromatic carbocycles. The monoisotopic (exact) mass is 370 g/mol. The minimum absolute atomic E-state index is 0.138. The van der Waals surface area contributed by atoms with Gasteiger partial charge in [-0.25, -0.2) is 4.98 Å². The summed E-state index contributed by atoms with van der Waals surface area (Å²) in [4.78, 5) is 45.7. The molecular weight excluding hydrogens is 352 g/mol. The number of nitrogens with one attached hydrogen (secondary N) is 1. The van der Waals surface area contributed by atoms with Crippen molar-refractivity contribution < 1.29 is 14.4 Å². The molecule has 7 nitrogen and oxygen atoms in total. The third-order valence-corrected chi connectivity index (χ3v) is 5.41. The molecule has 0 radical (unpaired) electrons. The molecule has 2 aliphatic rings. The van der Waals surface area contributed by atoms with E-state index >= 15 is 0 Å². The van der Waals surface area contributed by atoms with Gasteiger partial charge < -0.3 is 15.1 Å². The molecule has 0 saturated carbocycles. The van der Waals surface area contributed by atoms with Crippen LogP contribution in [0, 0.1) is 0 Å². The average Bonchev–Trinajstić information content (AvgIpc) is 3.15. The fraction of sp³-hybridized carbons (Fsp3) is 0.333. The van der Waals surface area contributed by atoms with Crippen LogP contribution in [0.1, 0.15) is 29.6 Å². The lowest BCUT2D eigenvalue weighted by molar-refractivity contribution is -0.125. The molecule has 2 aromatic rings. The van der Waals surface area contributed by atoms with Crippen molar-refractivity contribution in [1.29, 1.82) is 0 Å². The summed E-state index contributed by atoms with van der Waals surface area (Å²) in [6.45, 7) is 0.426. The number of hydrogen-bond acceptors (Lipinski definition) is 5. The summed E-state index contributed by atoms with van der Waals surface area (Å²) in [7, 11) is 0. The molecule has 8 heteroatoms. The third-order valence-electron chi connectivity index (χ3n) is 4.72. The van der Waals surface area contributed by atoms with E-state index in [-0.39, 0.29) is 24.3 Å². The molecule has 1 N–H and O–H groups in total. The predicted octanol–water partition coefficient (Wildman–Crippen LogP) is 2.12. The zero-order valence-corrected chi connectivity index (χ0v) is 14.9. The Morgan fingerprint density at radius 2 is 2.12 bits per heavy atom. The van der Waals surface area contributed by atoms with Crippen LogP contribution in [0.3, 0.4) is 0 Å². The average molecular weight is 370 g/mol. The van der Waals surface area contributed by atoms with Crippen molar-refractivity contribution in [2.75, 3.05) is 23.3 Å². The van der Waals surface area contributed by atoms with E-state index in [2.05, 4.69) is 10.3 Å². The summed E-state index contributed by atoms with van der Waals surface area (Å²) in [6.07, 6.45) is 4.02. The van der Waals surface area contributed by atoms with Crippen molar-refractivity contribution >= 4 is 39.9 Å². The van der Waals surface area contributed by atoms with Crippen LogP contribution < -0.4 is 10.2 Å². The van der Waals surface area contributed by atoms with Crippen LogP contribution >= 0.6 is 11.3 Å². The molecule has 1 aromatic heterocycles. The maximum Gasteiger partial charge on any atom is 0.256 e. The van der Waals surface area contributed by atoms with Crippen molar-refractivity contribution in [2.24, 2.45) is 0 Å². The summed E-state index contributed by atoms with van der Waals surface area (Å²) in [6, 6.07) is 6.49. The molecule has 3 heterocycles. The number of hydrogen-bond donors (Lipinski definition) is 1. The van der Waals surface area contributed by atoms with Gasteiger partial charge in [-0.15, -0.1) is 11.3 Å². The van der Waals surface area contributed by atoms with Gasteiger partial charge in [-0.3, -0.25) is 14.4 Å². The number of nitrogens with zero attached hydrogens (tertiary/aromatic N) is 3. The lowest BCUT2D eigenvalue weighted by Gasteiger charge is -2.34. The van der Waals surface area contributed by atoms with Gasteiger partial charge in [0.2, 0.25) is 11.8 Å². The highest BCUT2D eigenvalue weighted by molar-refractivity contribution is 7.13. The number of carbonyl (C=O) groups is 3. The number of para-hydroxylation sites is 1. The molecule has 0 aliphatic carbocycles. The molecule has 134 valence electrons. The number of carbonyl (C=O) groups excluding carboxylic acids is 3. The first kappa shape index (κ1) is 16.7. The Hall–Kier alpha value is -2.74. The predicted molar refractivity (Wildman–Crippen MR) is 98.2 cm³/mol. The van der Waals surface area contributed by atoms with E-state index in [0.29, 0.717) is 29.3 Å². The van der Waals surface area contributed by atoms with Crippen LogP contribution in [0.15, 0.2) is 35.8 Å². The Kier molecular flexibility index (Phi) is 4.42. The van der Waals surface area contributed by atoms with Crippen molar-refractivity contribution in [3.63, 3.8) is 0 Å². The zero-order chi connectivity index (χ0) is 18.1. The zero-order valence-electron chi connectivity index (χ0n) is 14.1. The van der Waals surface area contributed by atoms with Gasteiger partial charge >= 0.3 is 0 Å². The van der Waals surface area contributed by atoms with Gasteiger partial charge in [-0.05, 0) is 31.4 Å². The first-order chi connectivity index (χ1) is 12.6. The molecule has 0 unspecified atom stereocenters. The van der Waals surface area contributed by atoms with Gasteiger partial charge in [0.15, 0.2) is 5.13 Å². The number of fused-ring (bicyclic) bond motifs is 2. The number of thiazole rings is 1. The first-order valence-electron chi connectivity index (χ1n) is 8.56. The topological polar surface area (TPSA) is 82.6 Å². The summed E-state index contributed by atoms with van der Waals surface area (Å²) >= 11 is 1.31. The molecule has 2 aliphatic heterocycles. The lowest BCUT2D eigenvalue weighted by Crippen LogP contribution is -2.52. The van der Waals surface area contributed by atoms with Gasteiger partial charge in [-0.1, -0.05) is 12.1 Å². The van der Waals surface area contributed by atoms with Crippen LogP contribution in [-0.2, 0) is 9.59 Å². The second-order valence-corrected chi connectivity index (χ2v) is 7.23. The van der Waals surface area contributed by atoms with Crippen LogP contribution in [0.4, 0.5) is 10.8 Å². The second-order valence-electron chi connectivity index (χ2n) is 6.34. The Bertz CT molecular complexity index is 852. The highest BCUT2D eigenvalue weighted by Gasteiger charge is 2.40. The Morgan fingerprint density at radius 1 is 1.27 bits per heavy atom. The summed E-state index contributed by atoms with van der Waals surface area (Å²) in [5.74, 6) is -0.668. The quantitative estimate of drug-likeness (QED) is 0.897. The fourth-order valence-electron chi connectivity index (χ4n) is 3.53. The first-order valence-corrected chi connectivity index (χ1v) is 9.44. The van der Waals surface area contributed by atoms with E-state index in [1.165, 1.54) is 16.2 Å². The van der Waals surface area contributed by atoms with Crippen molar-refractivity contribution in [3.05, 3.63) is 41.4 Å². The summed E-state index contributed by atoms with van der Waals surface area (Å²) in [5, 5.41) is 4.95. The molecule has 1 fully saturated rings. The van der Waals surface area contributed by atoms with Gasteiger partial charge in [-0.2, -0.15) is 0 Å². The Labute approximate surface area is 154 Å². The smallest absolute Gasteiger partial charge is 0.256 e. The van der Waals surface area contributed by atoms with Gasteiger partial charge in [0.1, 0.15) is 12.6 Å². The largest absolute Gasteiger partial charge is 0.327 e. The number of anilines is 2. The summed E-state index contributed by atoms with van der Waals surface area (Å²) in [5.41, 5.74) is 0.957. The van der Waals surface area contributed by atoms with E-state index < -0.39 is 6.04 Å². The van der Waals surface area contributed by atoms with E-state index in [1.54, 1.807) is 40.7 Å². The molecule has 1 atom stereocenters. The van der Waals surface area contributed by atoms with E-state index in [9.17, 15) is 14.4 Å². The Balaban J connectivity index is 1.67. The molecule has 0 bridgehead atoms. The van der Waals surface area contributed by atoms with Crippen molar-refractivity contribution in [2.45, 2.75) is 25.3 Å². The van der Waals surface area contributed by atoms with Crippen molar-refractivity contribution in [3.8, 4) is 0 Å². The SMILES string of the molecule is O=C(CN1C(=O)[C@H]2CCCCN2C(=O)c2ccccc21)Nc1nccs1. The maximum absolute atomic E-state index is 13.2. The van der Waals surface area contributed by atoms with Crippen LogP contribution in [0.5, 0.6) is 0 Å². The van der Waals surface area contributed by atoms with Crippen LogP contribution in [-0.4, -0.2) is 46.7 Å². The highest BCUT2D eigenvalue weighted by atomic mass is 32.1. The van der Waals surface area contributed by atoms with Gasteiger partial charge in [0.05, 0.1) is 11.3 Å². The number of amides is 3. The minimum atomic E-state index is -0.503. The van der Waals surface area contributed by atoms with Crippen molar-refractivity contribution in [1.82, 2.24) is 9.88 Å².